The molecular weight excluding hydrogens is 378 g/mol. The second kappa shape index (κ2) is 10.8. The van der Waals surface area contributed by atoms with E-state index >= 15 is 0 Å². The molecule has 2 fully saturated rings. The summed E-state index contributed by atoms with van der Waals surface area (Å²) >= 11 is 0. The third kappa shape index (κ3) is 5.85. The average molecular weight is 410 g/mol. The minimum absolute atomic E-state index is 0.0838. The van der Waals surface area contributed by atoms with Gasteiger partial charge in [-0.15, -0.1) is 0 Å². The van der Waals surface area contributed by atoms with Gasteiger partial charge in [-0.1, -0.05) is 30.3 Å². The third-order valence-electron chi connectivity index (χ3n) is 6.08. The standard InChI is InChI=1S/C24H31N3O3/c1-2-30-24(29)21-10-12-26(13-11-21)18-22(17-25)23(28)27-14-8-20(9-15-27)16-19-6-4-3-5-7-19/h3-7,18,20-21H,2,8-16H2,1H3/b22-18-. The zero-order valence-corrected chi connectivity index (χ0v) is 17.8. The fourth-order valence-corrected chi connectivity index (χ4v) is 4.30. The van der Waals surface area contributed by atoms with Crippen molar-refractivity contribution in [3.63, 3.8) is 0 Å². The highest BCUT2D eigenvalue weighted by Crippen LogP contribution is 2.23. The van der Waals surface area contributed by atoms with Gasteiger partial charge >= 0.3 is 5.97 Å². The SMILES string of the molecule is CCOC(=O)C1CCN(/C=C(/C#N)C(=O)N2CCC(Cc3ccccc3)CC2)CC1. The summed E-state index contributed by atoms with van der Waals surface area (Å²) in [5.74, 6) is 0.173. The van der Waals surface area contributed by atoms with Gasteiger partial charge in [0.1, 0.15) is 11.6 Å². The molecule has 0 atom stereocenters. The van der Waals surface area contributed by atoms with E-state index in [0.29, 0.717) is 51.5 Å². The lowest BCUT2D eigenvalue weighted by Crippen LogP contribution is -2.40. The zero-order valence-electron chi connectivity index (χ0n) is 17.8. The first kappa shape index (κ1) is 21.9. The lowest BCUT2D eigenvalue weighted by molar-refractivity contribution is -0.149. The number of hydrogen-bond donors (Lipinski definition) is 0. The number of amides is 1. The predicted molar refractivity (Wildman–Crippen MR) is 114 cm³/mol. The number of ether oxygens (including phenoxy) is 1. The van der Waals surface area contributed by atoms with Crippen molar-refractivity contribution in [1.82, 2.24) is 9.80 Å². The minimum Gasteiger partial charge on any atom is -0.466 e. The van der Waals surface area contributed by atoms with Gasteiger partial charge in [0.15, 0.2) is 0 Å². The summed E-state index contributed by atoms with van der Waals surface area (Å²) in [7, 11) is 0. The summed E-state index contributed by atoms with van der Waals surface area (Å²) in [6.45, 7) is 4.90. The van der Waals surface area contributed by atoms with Crippen LogP contribution in [0.2, 0.25) is 0 Å². The molecule has 3 rings (SSSR count). The molecule has 2 aliphatic rings. The second-order valence-electron chi connectivity index (χ2n) is 8.14. The van der Waals surface area contributed by atoms with Crippen molar-refractivity contribution < 1.29 is 14.3 Å². The normalized spacial score (nSPS) is 18.7. The monoisotopic (exact) mass is 409 g/mol. The molecule has 0 radical (unpaired) electrons. The maximum Gasteiger partial charge on any atom is 0.309 e. The quantitative estimate of drug-likeness (QED) is 0.410. The van der Waals surface area contributed by atoms with Gasteiger partial charge in [-0.2, -0.15) is 5.26 Å². The van der Waals surface area contributed by atoms with Gasteiger partial charge < -0.3 is 14.5 Å². The van der Waals surface area contributed by atoms with Crippen LogP contribution in [0, 0.1) is 23.2 Å². The molecular formula is C24H31N3O3. The topological polar surface area (TPSA) is 73.6 Å². The Bertz CT molecular complexity index is 784. The van der Waals surface area contributed by atoms with Crippen molar-refractivity contribution in [2.24, 2.45) is 11.8 Å². The molecule has 2 aliphatic heterocycles. The summed E-state index contributed by atoms with van der Waals surface area (Å²) in [5, 5.41) is 9.55. The number of nitrogens with zero attached hydrogens (tertiary/aromatic N) is 3. The lowest BCUT2D eigenvalue weighted by atomic mass is 9.90. The first-order chi connectivity index (χ1) is 14.6. The van der Waals surface area contributed by atoms with Gasteiger partial charge in [-0.3, -0.25) is 9.59 Å². The van der Waals surface area contributed by atoms with E-state index in [0.717, 1.165) is 19.3 Å². The highest BCUT2D eigenvalue weighted by atomic mass is 16.5. The van der Waals surface area contributed by atoms with Gasteiger partial charge in [-0.05, 0) is 50.5 Å². The summed E-state index contributed by atoms with van der Waals surface area (Å²) in [4.78, 5) is 28.5. The molecule has 0 saturated carbocycles. The van der Waals surface area contributed by atoms with Crippen LogP contribution in [-0.2, 0) is 20.7 Å². The fourth-order valence-electron chi connectivity index (χ4n) is 4.30. The van der Waals surface area contributed by atoms with Crippen LogP contribution in [0.25, 0.3) is 0 Å². The molecule has 0 N–H and O–H groups in total. The molecule has 0 aromatic heterocycles. The molecule has 0 unspecified atom stereocenters. The Labute approximate surface area is 179 Å². The first-order valence-corrected chi connectivity index (χ1v) is 11.0. The Balaban J connectivity index is 1.49. The molecule has 6 nitrogen and oxygen atoms in total. The molecule has 1 amide bonds. The second-order valence-corrected chi connectivity index (χ2v) is 8.14. The first-order valence-electron chi connectivity index (χ1n) is 11.0. The largest absolute Gasteiger partial charge is 0.466 e. The molecule has 6 heteroatoms. The number of hydrogen-bond acceptors (Lipinski definition) is 5. The Hall–Kier alpha value is -2.81. The molecule has 1 aromatic carbocycles. The fraction of sp³-hybridized carbons (Fsp3) is 0.542. The van der Waals surface area contributed by atoms with E-state index in [2.05, 4.69) is 30.3 Å². The van der Waals surface area contributed by atoms with Crippen LogP contribution in [0.3, 0.4) is 0 Å². The van der Waals surface area contributed by atoms with Gasteiger partial charge in [0.2, 0.25) is 0 Å². The Morgan fingerprint density at radius 3 is 2.37 bits per heavy atom. The predicted octanol–water partition coefficient (Wildman–Crippen LogP) is 3.15. The molecule has 0 bridgehead atoms. The highest BCUT2D eigenvalue weighted by Gasteiger charge is 2.28. The molecule has 0 aliphatic carbocycles. The lowest BCUT2D eigenvalue weighted by Gasteiger charge is -2.33. The van der Waals surface area contributed by atoms with Crippen LogP contribution < -0.4 is 0 Å². The van der Waals surface area contributed by atoms with Crippen LogP contribution >= 0.6 is 0 Å². The van der Waals surface area contributed by atoms with E-state index in [1.165, 1.54) is 5.56 Å². The number of carbonyl (C=O) groups is 2. The number of nitriles is 1. The van der Waals surface area contributed by atoms with Crippen LogP contribution in [0.15, 0.2) is 42.1 Å². The summed E-state index contributed by atoms with van der Waals surface area (Å²) in [5.41, 5.74) is 1.53. The van der Waals surface area contributed by atoms with Crippen LogP contribution in [0.5, 0.6) is 0 Å². The van der Waals surface area contributed by atoms with E-state index in [1.807, 2.05) is 22.8 Å². The molecule has 2 saturated heterocycles. The van der Waals surface area contributed by atoms with Crippen molar-refractivity contribution in [1.29, 1.82) is 5.26 Å². The van der Waals surface area contributed by atoms with Crippen molar-refractivity contribution >= 4 is 11.9 Å². The smallest absolute Gasteiger partial charge is 0.309 e. The number of benzene rings is 1. The molecule has 1 aromatic rings. The van der Waals surface area contributed by atoms with Crippen molar-refractivity contribution in [3.05, 3.63) is 47.7 Å². The van der Waals surface area contributed by atoms with Gasteiger partial charge in [-0.25, -0.2) is 0 Å². The van der Waals surface area contributed by atoms with E-state index in [4.69, 9.17) is 4.74 Å². The highest BCUT2D eigenvalue weighted by molar-refractivity contribution is 5.97. The molecule has 0 spiro atoms. The van der Waals surface area contributed by atoms with Crippen molar-refractivity contribution in [3.8, 4) is 6.07 Å². The number of esters is 1. The zero-order chi connectivity index (χ0) is 21.3. The van der Waals surface area contributed by atoms with Gasteiger partial charge in [0, 0.05) is 32.4 Å². The Morgan fingerprint density at radius 1 is 1.10 bits per heavy atom. The van der Waals surface area contributed by atoms with Crippen molar-refractivity contribution in [2.75, 3.05) is 32.8 Å². The van der Waals surface area contributed by atoms with Crippen LogP contribution in [0.1, 0.15) is 38.2 Å². The van der Waals surface area contributed by atoms with Crippen molar-refractivity contribution in [2.45, 2.75) is 39.0 Å². The average Bonchev–Trinajstić information content (AvgIpc) is 2.79. The van der Waals surface area contributed by atoms with Gasteiger partial charge in [0.05, 0.1) is 12.5 Å². The third-order valence-corrected chi connectivity index (χ3v) is 6.08. The maximum absolute atomic E-state index is 12.9. The number of piperidine rings is 2. The summed E-state index contributed by atoms with van der Waals surface area (Å²) < 4.78 is 5.10. The van der Waals surface area contributed by atoms with Crippen LogP contribution in [-0.4, -0.2) is 54.5 Å². The number of rotatable bonds is 6. The molecule has 160 valence electrons. The summed E-state index contributed by atoms with van der Waals surface area (Å²) in [6, 6.07) is 12.5. The van der Waals surface area contributed by atoms with E-state index in [9.17, 15) is 14.9 Å². The minimum atomic E-state index is -0.178. The molecule has 2 heterocycles. The Kier molecular flexibility index (Phi) is 7.89. The Morgan fingerprint density at radius 2 is 1.77 bits per heavy atom. The van der Waals surface area contributed by atoms with E-state index < -0.39 is 0 Å². The maximum atomic E-state index is 12.9. The summed E-state index contributed by atoms with van der Waals surface area (Å²) in [6.07, 6.45) is 6.02. The number of carbonyl (C=O) groups excluding carboxylic acids is 2. The number of likely N-dealkylation sites (tertiary alicyclic amines) is 2. The van der Waals surface area contributed by atoms with E-state index in [-0.39, 0.29) is 23.4 Å². The van der Waals surface area contributed by atoms with Gasteiger partial charge in [0.25, 0.3) is 5.91 Å². The molecule has 30 heavy (non-hydrogen) atoms. The van der Waals surface area contributed by atoms with E-state index in [1.54, 1.807) is 6.20 Å². The van der Waals surface area contributed by atoms with Crippen LogP contribution in [0.4, 0.5) is 0 Å².